The maximum Gasteiger partial charge on any atom is 0.243 e. The van der Waals surface area contributed by atoms with E-state index in [2.05, 4.69) is 0 Å². The molecule has 4 rings (SSSR count). The molecule has 0 spiro atoms. The summed E-state index contributed by atoms with van der Waals surface area (Å²) in [6, 6.07) is 10.4. The van der Waals surface area contributed by atoms with Crippen LogP contribution in [0.5, 0.6) is 11.5 Å². The van der Waals surface area contributed by atoms with Crippen molar-refractivity contribution < 1.29 is 22.3 Å². The summed E-state index contributed by atoms with van der Waals surface area (Å²) in [5, 5.41) is 0. The van der Waals surface area contributed by atoms with Crippen molar-refractivity contribution in [3.63, 3.8) is 0 Å². The first-order chi connectivity index (χ1) is 12.1. The molecule has 25 heavy (non-hydrogen) atoms. The summed E-state index contributed by atoms with van der Waals surface area (Å²) in [6.07, 6.45) is 1.47. The molecule has 0 amide bonds. The zero-order chi connectivity index (χ0) is 17.4. The summed E-state index contributed by atoms with van der Waals surface area (Å²) in [6.45, 7) is 1.40. The molecule has 1 fully saturated rings. The predicted molar refractivity (Wildman–Crippen MR) is 89.7 cm³/mol. The average Bonchev–Trinajstić information content (AvgIpc) is 3.12. The highest BCUT2D eigenvalue weighted by Gasteiger charge is 2.36. The van der Waals surface area contributed by atoms with E-state index in [9.17, 15) is 12.8 Å². The first-order valence-corrected chi connectivity index (χ1v) is 9.67. The van der Waals surface area contributed by atoms with Gasteiger partial charge in [0.2, 0.25) is 10.0 Å². The number of rotatable bonds is 3. The van der Waals surface area contributed by atoms with E-state index in [0.717, 1.165) is 18.1 Å². The minimum Gasteiger partial charge on any atom is -0.486 e. The standard InChI is InChI=1S/C18H18FNO4S/c19-14-3-1-4-15(12-14)25(21,22)20-8-2-5-16(20)13-6-7-17-18(11-13)24-10-9-23-17/h1,3-4,6-7,11-12,16H,2,5,8-10H2. The number of fused-ring (bicyclic) bond motifs is 1. The van der Waals surface area contributed by atoms with Crippen LogP contribution in [-0.4, -0.2) is 32.5 Å². The number of nitrogens with zero attached hydrogens (tertiary/aromatic N) is 1. The van der Waals surface area contributed by atoms with Gasteiger partial charge in [-0.3, -0.25) is 0 Å². The average molecular weight is 363 g/mol. The molecule has 5 nitrogen and oxygen atoms in total. The number of halogens is 1. The van der Waals surface area contributed by atoms with E-state index in [1.54, 1.807) is 0 Å². The van der Waals surface area contributed by atoms with E-state index in [4.69, 9.17) is 9.47 Å². The zero-order valence-electron chi connectivity index (χ0n) is 13.5. The van der Waals surface area contributed by atoms with Crippen LogP contribution in [0.15, 0.2) is 47.4 Å². The van der Waals surface area contributed by atoms with E-state index in [-0.39, 0.29) is 10.9 Å². The number of benzene rings is 2. The van der Waals surface area contributed by atoms with Gasteiger partial charge in [-0.15, -0.1) is 0 Å². The molecule has 2 aromatic rings. The maximum atomic E-state index is 13.5. The van der Waals surface area contributed by atoms with Crippen molar-refractivity contribution in [3.05, 3.63) is 53.8 Å². The quantitative estimate of drug-likeness (QED) is 0.841. The summed E-state index contributed by atoms with van der Waals surface area (Å²) in [5.41, 5.74) is 0.863. The van der Waals surface area contributed by atoms with Crippen LogP contribution in [0.3, 0.4) is 0 Å². The van der Waals surface area contributed by atoms with Crippen LogP contribution in [0.25, 0.3) is 0 Å². The highest BCUT2D eigenvalue weighted by atomic mass is 32.2. The fourth-order valence-corrected chi connectivity index (χ4v) is 5.11. The summed E-state index contributed by atoms with van der Waals surface area (Å²) < 4.78 is 52.0. The van der Waals surface area contributed by atoms with E-state index in [1.165, 1.54) is 22.5 Å². The number of hydrogen-bond acceptors (Lipinski definition) is 4. The molecule has 0 N–H and O–H groups in total. The second kappa shape index (κ2) is 6.31. The third-order valence-electron chi connectivity index (χ3n) is 4.56. The minimum absolute atomic E-state index is 0.0167. The lowest BCUT2D eigenvalue weighted by Crippen LogP contribution is -2.30. The minimum atomic E-state index is -3.76. The van der Waals surface area contributed by atoms with Crippen molar-refractivity contribution >= 4 is 10.0 Å². The van der Waals surface area contributed by atoms with Gasteiger partial charge in [0.25, 0.3) is 0 Å². The summed E-state index contributed by atoms with van der Waals surface area (Å²) in [5.74, 6) is 0.752. The highest BCUT2D eigenvalue weighted by Crippen LogP contribution is 2.40. The molecule has 1 atom stereocenters. The number of sulfonamides is 1. The van der Waals surface area contributed by atoms with Crippen molar-refractivity contribution in [2.45, 2.75) is 23.8 Å². The smallest absolute Gasteiger partial charge is 0.243 e. The molecule has 0 saturated carbocycles. The predicted octanol–water partition coefficient (Wildman–Crippen LogP) is 3.12. The Morgan fingerprint density at radius 2 is 1.84 bits per heavy atom. The lowest BCUT2D eigenvalue weighted by molar-refractivity contribution is 0.171. The second-order valence-electron chi connectivity index (χ2n) is 6.13. The van der Waals surface area contributed by atoms with Gasteiger partial charge in [-0.1, -0.05) is 12.1 Å². The van der Waals surface area contributed by atoms with E-state index in [0.29, 0.717) is 37.7 Å². The lowest BCUT2D eigenvalue weighted by atomic mass is 10.0. The van der Waals surface area contributed by atoms with Crippen molar-refractivity contribution in [2.24, 2.45) is 0 Å². The summed E-state index contributed by atoms with van der Waals surface area (Å²) in [4.78, 5) is -0.0167. The topological polar surface area (TPSA) is 55.8 Å². The van der Waals surface area contributed by atoms with Gasteiger partial charge in [-0.2, -0.15) is 4.31 Å². The van der Waals surface area contributed by atoms with Gasteiger partial charge < -0.3 is 9.47 Å². The van der Waals surface area contributed by atoms with Crippen LogP contribution in [0.2, 0.25) is 0 Å². The highest BCUT2D eigenvalue weighted by molar-refractivity contribution is 7.89. The third kappa shape index (κ3) is 2.98. The zero-order valence-corrected chi connectivity index (χ0v) is 14.3. The number of hydrogen-bond donors (Lipinski definition) is 0. The molecule has 132 valence electrons. The van der Waals surface area contributed by atoms with Gasteiger partial charge in [-0.05, 0) is 48.7 Å². The molecule has 2 heterocycles. The van der Waals surface area contributed by atoms with Crippen molar-refractivity contribution in [3.8, 4) is 11.5 Å². The molecule has 2 aliphatic heterocycles. The SMILES string of the molecule is O=S(=O)(c1cccc(F)c1)N1CCCC1c1ccc2c(c1)OCCO2. The van der Waals surface area contributed by atoms with Crippen molar-refractivity contribution in [1.29, 1.82) is 0 Å². The fourth-order valence-electron chi connectivity index (χ4n) is 3.39. The third-order valence-corrected chi connectivity index (χ3v) is 6.46. The molecule has 1 unspecified atom stereocenters. The Balaban J connectivity index is 1.69. The van der Waals surface area contributed by atoms with Crippen LogP contribution in [0, 0.1) is 5.82 Å². The lowest BCUT2D eigenvalue weighted by Gasteiger charge is -2.26. The van der Waals surface area contributed by atoms with Gasteiger partial charge in [0.15, 0.2) is 11.5 Å². The molecular weight excluding hydrogens is 345 g/mol. The molecule has 0 radical (unpaired) electrons. The summed E-state index contributed by atoms with van der Waals surface area (Å²) >= 11 is 0. The molecule has 2 aromatic carbocycles. The van der Waals surface area contributed by atoms with Crippen molar-refractivity contribution in [2.75, 3.05) is 19.8 Å². The first-order valence-electron chi connectivity index (χ1n) is 8.23. The molecule has 7 heteroatoms. The molecule has 0 aromatic heterocycles. The van der Waals surface area contributed by atoms with Gasteiger partial charge in [0.1, 0.15) is 19.0 Å². The molecule has 2 aliphatic rings. The number of ether oxygens (including phenoxy) is 2. The Labute approximate surface area is 146 Å². The molecule has 0 aliphatic carbocycles. The van der Waals surface area contributed by atoms with E-state index < -0.39 is 15.8 Å². The van der Waals surface area contributed by atoms with Crippen LogP contribution < -0.4 is 9.47 Å². The van der Waals surface area contributed by atoms with Gasteiger partial charge in [0, 0.05) is 6.54 Å². The molecular formula is C18H18FNO4S. The normalized spacial score (nSPS) is 20.6. The van der Waals surface area contributed by atoms with Crippen LogP contribution in [-0.2, 0) is 10.0 Å². The van der Waals surface area contributed by atoms with Gasteiger partial charge >= 0.3 is 0 Å². The molecule has 0 bridgehead atoms. The largest absolute Gasteiger partial charge is 0.486 e. The van der Waals surface area contributed by atoms with E-state index >= 15 is 0 Å². The Bertz CT molecular complexity index is 900. The summed E-state index contributed by atoms with van der Waals surface area (Å²) in [7, 11) is -3.76. The van der Waals surface area contributed by atoms with Crippen LogP contribution in [0.4, 0.5) is 4.39 Å². The van der Waals surface area contributed by atoms with Crippen LogP contribution in [0.1, 0.15) is 24.4 Å². The van der Waals surface area contributed by atoms with Crippen LogP contribution >= 0.6 is 0 Å². The first kappa shape index (κ1) is 16.4. The Morgan fingerprint density at radius 1 is 1.04 bits per heavy atom. The van der Waals surface area contributed by atoms with Gasteiger partial charge in [0.05, 0.1) is 10.9 Å². The Kier molecular flexibility index (Phi) is 4.13. The monoisotopic (exact) mass is 363 g/mol. The van der Waals surface area contributed by atoms with Crippen molar-refractivity contribution in [1.82, 2.24) is 4.31 Å². The molecule has 1 saturated heterocycles. The Hall–Kier alpha value is -2.12. The van der Waals surface area contributed by atoms with Gasteiger partial charge in [-0.25, -0.2) is 12.8 Å². The van der Waals surface area contributed by atoms with E-state index in [1.807, 2.05) is 18.2 Å². The second-order valence-corrected chi connectivity index (χ2v) is 8.02. The fraction of sp³-hybridized carbons (Fsp3) is 0.333. The maximum absolute atomic E-state index is 13.5. The Morgan fingerprint density at radius 3 is 2.64 bits per heavy atom.